The molecule has 2 aliphatic rings. The lowest BCUT2D eigenvalue weighted by Crippen LogP contribution is -2.35. The van der Waals surface area contributed by atoms with Gasteiger partial charge in [-0.1, -0.05) is 30.3 Å². The lowest BCUT2D eigenvalue weighted by molar-refractivity contribution is -0.116. The number of Topliss-reactive ketones (excluding diaryl/α,β-unsaturated/α-hetero) is 1. The van der Waals surface area contributed by atoms with E-state index in [0.29, 0.717) is 17.6 Å². The highest BCUT2D eigenvalue weighted by molar-refractivity contribution is 6.10. The van der Waals surface area contributed by atoms with Crippen molar-refractivity contribution in [2.24, 2.45) is 0 Å². The number of carbonyl (C=O) groups excluding carboxylic acids is 2. The van der Waals surface area contributed by atoms with E-state index in [-0.39, 0.29) is 17.4 Å². The third-order valence-corrected chi connectivity index (χ3v) is 5.64. The molecule has 0 saturated carbocycles. The molecule has 4 rings (SSSR count). The topological polar surface area (TPSA) is 78.4 Å². The number of amides is 1. The number of anilines is 1. The predicted octanol–water partition coefficient (Wildman–Crippen LogP) is 4.31. The van der Waals surface area contributed by atoms with Gasteiger partial charge in [0.05, 0.1) is 0 Å². The number of carbonyl (C=O) groups is 2. The van der Waals surface area contributed by atoms with Crippen molar-refractivity contribution in [3.05, 3.63) is 82.2 Å². The van der Waals surface area contributed by atoms with Crippen LogP contribution in [0, 0.1) is 6.92 Å². The monoisotopic (exact) mass is 388 g/mol. The second-order valence-electron chi connectivity index (χ2n) is 7.63. The summed E-state index contributed by atoms with van der Waals surface area (Å²) in [6.07, 6.45) is 2.09. The summed E-state index contributed by atoms with van der Waals surface area (Å²) in [5.41, 5.74) is 5.40. The summed E-state index contributed by atoms with van der Waals surface area (Å²) in [5.74, 6) is -0.458. The van der Waals surface area contributed by atoms with Crippen molar-refractivity contribution >= 4 is 17.4 Å². The summed E-state index contributed by atoms with van der Waals surface area (Å²) in [6, 6.07) is 14.4. The molecular formula is C24H24N2O3. The zero-order chi connectivity index (χ0) is 20.5. The number of ketones is 1. The molecule has 3 N–H and O–H groups in total. The van der Waals surface area contributed by atoms with E-state index in [1.807, 2.05) is 38.1 Å². The number of allylic oxidation sites excluding steroid dienone is 3. The van der Waals surface area contributed by atoms with E-state index < -0.39 is 5.92 Å². The first kappa shape index (κ1) is 19.0. The number of aromatic hydroxyl groups is 1. The van der Waals surface area contributed by atoms with E-state index in [4.69, 9.17) is 0 Å². The molecule has 1 aliphatic carbocycles. The summed E-state index contributed by atoms with van der Waals surface area (Å²) in [4.78, 5) is 26.2. The third kappa shape index (κ3) is 3.56. The van der Waals surface area contributed by atoms with Crippen molar-refractivity contribution in [2.75, 3.05) is 5.32 Å². The minimum atomic E-state index is -0.455. The average Bonchev–Trinajstić information content (AvgIpc) is 2.69. The van der Waals surface area contributed by atoms with E-state index in [2.05, 4.69) is 10.6 Å². The van der Waals surface area contributed by atoms with Gasteiger partial charge in [0.2, 0.25) is 0 Å². The van der Waals surface area contributed by atoms with Crippen LogP contribution in [0.2, 0.25) is 0 Å². The molecule has 0 unspecified atom stereocenters. The van der Waals surface area contributed by atoms with Gasteiger partial charge in [-0.15, -0.1) is 0 Å². The van der Waals surface area contributed by atoms with Crippen molar-refractivity contribution in [3.8, 4) is 5.75 Å². The van der Waals surface area contributed by atoms with Gasteiger partial charge in [0, 0.05) is 40.6 Å². The number of dihydropyridines is 1. The molecule has 0 fully saturated rings. The Morgan fingerprint density at radius 1 is 1.07 bits per heavy atom. The third-order valence-electron chi connectivity index (χ3n) is 5.64. The van der Waals surface area contributed by atoms with E-state index in [1.165, 1.54) is 0 Å². The first-order chi connectivity index (χ1) is 14.0. The van der Waals surface area contributed by atoms with Gasteiger partial charge in [0.25, 0.3) is 5.91 Å². The molecule has 0 aromatic heterocycles. The van der Waals surface area contributed by atoms with Crippen LogP contribution < -0.4 is 10.6 Å². The van der Waals surface area contributed by atoms with Crippen molar-refractivity contribution in [2.45, 2.75) is 39.0 Å². The molecule has 0 bridgehead atoms. The first-order valence-electron chi connectivity index (χ1n) is 9.85. The van der Waals surface area contributed by atoms with Crippen LogP contribution in [0.5, 0.6) is 5.75 Å². The number of rotatable bonds is 3. The first-order valence-corrected chi connectivity index (χ1v) is 9.85. The Labute approximate surface area is 170 Å². The van der Waals surface area contributed by atoms with E-state index in [0.717, 1.165) is 41.1 Å². The van der Waals surface area contributed by atoms with Crippen LogP contribution in [0.4, 0.5) is 5.69 Å². The molecule has 1 aliphatic heterocycles. The Hall–Kier alpha value is -3.34. The molecule has 5 nitrogen and oxygen atoms in total. The van der Waals surface area contributed by atoms with Gasteiger partial charge in [-0.2, -0.15) is 0 Å². The van der Waals surface area contributed by atoms with Gasteiger partial charge in [-0.25, -0.2) is 0 Å². The van der Waals surface area contributed by atoms with Crippen molar-refractivity contribution in [3.63, 3.8) is 0 Å². The molecule has 1 atom stereocenters. The van der Waals surface area contributed by atoms with Crippen LogP contribution in [0.25, 0.3) is 0 Å². The highest BCUT2D eigenvalue weighted by Crippen LogP contribution is 2.42. The van der Waals surface area contributed by atoms with Crippen LogP contribution >= 0.6 is 0 Å². The molecular weight excluding hydrogens is 364 g/mol. The molecule has 0 spiro atoms. The molecule has 0 saturated heterocycles. The summed E-state index contributed by atoms with van der Waals surface area (Å²) in [5, 5.41) is 16.0. The summed E-state index contributed by atoms with van der Waals surface area (Å²) in [6.45, 7) is 3.82. The molecule has 2 aromatic rings. The minimum Gasteiger partial charge on any atom is -0.508 e. The fourth-order valence-corrected chi connectivity index (χ4v) is 4.19. The predicted molar refractivity (Wildman–Crippen MR) is 112 cm³/mol. The van der Waals surface area contributed by atoms with Gasteiger partial charge < -0.3 is 15.7 Å². The Morgan fingerprint density at radius 2 is 1.79 bits per heavy atom. The Bertz CT molecular complexity index is 1050. The highest BCUT2D eigenvalue weighted by atomic mass is 16.3. The molecule has 1 heterocycles. The number of para-hydroxylation sites is 1. The lowest BCUT2D eigenvalue weighted by atomic mass is 9.75. The normalized spacial score (nSPS) is 19.0. The smallest absolute Gasteiger partial charge is 0.254 e. The maximum absolute atomic E-state index is 13.4. The Morgan fingerprint density at radius 3 is 2.52 bits per heavy atom. The van der Waals surface area contributed by atoms with Crippen LogP contribution in [-0.4, -0.2) is 16.8 Å². The lowest BCUT2D eigenvalue weighted by Gasteiger charge is -2.34. The van der Waals surface area contributed by atoms with Gasteiger partial charge in [-0.3, -0.25) is 9.59 Å². The fraction of sp³-hybridized carbons (Fsp3) is 0.250. The number of phenols is 1. The van der Waals surface area contributed by atoms with Crippen LogP contribution in [0.1, 0.15) is 43.2 Å². The fourth-order valence-electron chi connectivity index (χ4n) is 4.19. The molecule has 5 heteroatoms. The van der Waals surface area contributed by atoms with Gasteiger partial charge in [0.15, 0.2) is 5.78 Å². The van der Waals surface area contributed by atoms with E-state index >= 15 is 0 Å². The Kier molecular flexibility index (Phi) is 4.97. The number of aryl methyl sites for hydroxylation is 1. The molecule has 0 radical (unpaired) electrons. The number of hydrogen-bond acceptors (Lipinski definition) is 4. The summed E-state index contributed by atoms with van der Waals surface area (Å²) in [7, 11) is 0. The van der Waals surface area contributed by atoms with Crippen LogP contribution in [-0.2, 0) is 9.59 Å². The van der Waals surface area contributed by atoms with Gasteiger partial charge in [0.1, 0.15) is 5.75 Å². The maximum atomic E-state index is 13.4. The largest absolute Gasteiger partial charge is 0.508 e. The second kappa shape index (κ2) is 7.59. The quantitative estimate of drug-likeness (QED) is 0.732. The number of benzene rings is 2. The van der Waals surface area contributed by atoms with Gasteiger partial charge >= 0.3 is 0 Å². The number of phenolic OH excluding ortho intramolecular Hbond substituents is 1. The highest BCUT2D eigenvalue weighted by Gasteiger charge is 2.38. The molecule has 1 amide bonds. The molecule has 148 valence electrons. The van der Waals surface area contributed by atoms with E-state index in [1.54, 1.807) is 24.3 Å². The van der Waals surface area contributed by atoms with Crippen molar-refractivity contribution in [1.29, 1.82) is 0 Å². The number of nitrogens with one attached hydrogen (secondary N) is 2. The minimum absolute atomic E-state index is 0.0746. The molecule has 29 heavy (non-hydrogen) atoms. The second-order valence-corrected chi connectivity index (χ2v) is 7.63. The standard InChI is InChI=1S/C24H24N2O3/c1-14-6-3-4-7-18(14)26-24(29)21-15(2)25-19-8-5-9-20(28)23(19)22(21)16-10-12-17(27)13-11-16/h3-4,6-7,10-13,22,25,27H,5,8-9H2,1-2H3,(H,26,29)/t22-/m0/s1. The summed E-state index contributed by atoms with van der Waals surface area (Å²) < 4.78 is 0. The number of hydrogen-bond donors (Lipinski definition) is 3. The van der Waals surface area contributed by atoms with Crippen molar-refractivity contribution in [1.82, 2.24) is 5.32 Å². The Balaban J connectivity index is 1.79. The van der Waals surface area contributed by atoms with Crippen LogP contribution in [0.15, 0.2) is 71.1 Å². The van der Waals surface area contributed by atoms with Crippen LogP contribution in [0.3, 0.4) is 0 Å². The summed E-state index contributed by atoms with van der Waals surface area (Å²) >= 11 is 0. The van der Waals surface area contributed by atoms with Crippen molar-refractivity contribution < 1.29 is 14.7 Å². The zero-order valence-electron chi connectivity index (χ0n) is 16.6. The van der Waals surface area contributed by atoms with Gasteiger partial charge in [-0.05, 0) is 56.0 Å². The average molecular weight is 388 g/mol. The SMILES string of the molecule is CC1=C(C(=O)Nc2ccccc2C)[C@H](c2ccc(O)cc2)C2=C(CCCC2=O)N1. The molecule has 2 aromatic carbocycles. The van der Waals surface area contributed by atoms with E-state index in [9.17, 15) is 14.7 Å². The zero-order valence-corrected chi connectivity index (χ0v) is 16.6. The maximum Gasteiger partial charge on any atom is 0.254 e.